The van der Waals surface area contributed by atoms with E-state index in [0.717, 1.165) is 32.0 Å². The van der Waals surface area contributed by atoms with Crippen LogP contribution in [0.1, 0.15) is 46.5 Å². The monoisotopic (exact) mass is 254 g/mol. The summed E-state index contributed by atoms with van der Waals surface area (Å²) >= 11 is 0. The van der Waals surface area contributed by atoms with Crippen molar-refractivity contribution in [2.45, 2.75) is 52.5 Å². The highest BCUT2D eigenvalue weighted by Crippen LogP contribution is 2.13. The average Bonchev–Trinajstić information content (AvgIpc) is 2.40. The van der Waals surface area contributed by atoms with Gasteiger partial charge in [-0.1, -0.05) is 6.42 Å². The SMILES string of the molecule is CCNC(=NCCC(C)N1CCCCC1)NCC. The molecule has 18 heavy (non-hydrogen) atoms. The molecule has 1 unspecified atom stereocenters. The number of hydrogen-bond acceptors (Lipinski definition) is 2. The molecule has 1 rings (SSSR count). The fourth-order valence-electron chi connectivity index (χ4n) is 2.41. The van der Waals surface area contributed by atoms with Crippen LogP contribution in [-0.4, -0.2) is 49.6 Å². The van der Waals surface area contributed by atoms with E-state index in [0.29, 0.717) is 6.04 Å². The number of guanidine groups is 1. The van der Waals surface area contributed by atoms with Crippen LogP contribution < -0.4 is 10.6 Å². The Morgan fingerprint density at radius 2 is 1.72 bits per heavy atom. The van der Waals surface area contributed by atoms with Gasteiger partial charge in [0.25, 0.3) is 0 Å². The minimum atomic E-state index is 0.665. The number of nitrogens with one attached hydrogen (secondary N) is 2. The lowest BCUT2D eigenvalue weighted by Crippen LogP contribution is -2.39. The third kappa shape index (κ3) is 5.71. The Kier molecular flexibility index (Phi) is 7.81. The molecule has 106 valence electrons. The maximum atomic E-state index is 4.61. The molecule has 0 radical (unpaired) electrons. The average molecular weight is 254 g/mol. The number of aliphatic imine (C=N–C) groups is 1. The molecular weight excluding hydrogens is 224 g/mol. The molecule has 0 spiro atoms. The first-order valence-electron chi connectivity index (χ1n) is 7.54. The maximum Gasteiger partial charge on any atom is 0.191 e. The van der Waals surface area contributed by atoms with E-state index in [1.165, 1.54) is 32.4 Å². The molecule has 1 aliphatic heterocycles. The molecular formula is C14H30N4. The lowest BCUT2D eigenvalue weighted by atomic mass is 10.1. The lowest BCUT2D eigenvalue weighted by Gasteiger charge is -2.32. The zero-order chi connectivity index (χ0) is 13.2. The summed E-state index contributed by atoms with van der Waals surface area (Å²) in [6, 6.07) is 0.665. The normalized spacial score (nSPS) is 18.2. The van der Waals surface area contributed by atoms with Crippen LogP contribution in [0.2, 0.25) is 0 Å². The third-order valence-corrected chi connectivity index (χ3v) is 3.52. The summed E-state index contributed by atoms with van der Waals surface area (Å²) in [6.45, 7) is 11.8. The van der Waals surface area contributed by atoms with Crippen molar-refractivity contribution < 1.29 is 0 Å². The van der Waals surface area contributed by atoms with Gasteiger partial charge in [-0.05, 0) is 53.1 Å². The minimum absolute atomic E-state index is 0.665. The van der Waals surface area contributed by atoms with Gasteiger partial charge in [-0.25, -0.2) is 0 Å². The van der Waals surface area contributed by atoms with E-state index in [-0.39, 0.29) is 0 Å². The van der Waals surface area contributed by atoms with E-state index in [1.807, 2.05) is 0 Å². The second kappa shape index (κ2) is 9.20. The van der Waals surface area contributed by atoms with Crippen LogP contribution >= 0.6 is 0 Å². The van der Waals surface area contributed by atoms with Gasteiger partial charge >= 0.3 is 0 Å². The van der Waals surface area contributed by atoms with E-state index in [2.05, 4.69) is 41.3 Å². The molecule has 0 saturated carbocycles. The van der Waals surface area contributed by atoms with E-state index >= 15 is 0 Å². The predicted octanol–water partition coefficient (Wildman–Crippen LogP) is 1.83. The third-order valence-electron chi connectivity index (χ3n) is 3.52. The largest absolute Gasteiger partial charge is 0.357 e. The topological polar surface area (TPSA) is 39.7 Å². The van der Waals surface area contributed by atoms with Gasteiger partial charge in [0.15, 0.2) is 5.96 Å². The van der Waals surface area contributed by atoms with Crippen LogP contribution in [-0.2, 0) is 0 Å². The van der Waals surface area contributed by atoms with Crippen LogP contribution in [0.5, 0.6) is 0 Å². The first kappa shape index (κ1) is 15.3. The molecule has 1 saturated heterocycles. The van der Waals surface area contributed by atoms with Gasteiger partial charge in [0.2, 0.25) is 0 Å². The van der Waals surface area contributed by atoms with Crippen molar-refractivity contribution in [2.75, 3.05) is 32.7 Å². The summed E-state index contributed by atoms with van der Waals surface area (Å²) in [5.74, 6) is 0.950. The van der Waals surface area contributed by atoms with Gasteiger partial charge in [-0.3, -0.25) is 4.99 Å². The first-order chi connectivity index (χ1) is 8.77. The number of nitrogens with zero attached hydrogens (tertiary/aromatic N) is 2. The van der Waals surface area contributed by atoms with E-state index in [9.17, 15) is 0 Å². The molecule has 0 aromatic carbocycles. The summed E-state index contributed by atoms with van der Waals surface area (Å²) in [7, 11) is 0. The second-order valence-corrected chi connectivity index (χ2v) is 5.03. The highest BCUT2D eigenvalue weighted by atomic mass is 15.2. The molecule has 0 bridgehead atoms. The summed E-state index contributed by atoms with van der Waals surface area (Å²) in [6.07, 6.45) is 5.30. The first-order valence-corrected chi connectivity index (χ1v) is 7.54. The zero-order valence-electron chi connectivity index (χ0n) is 12.3. The summed E-state index contributed by atoms with van der Waals surface area (Å²) < 4.78 is 0. The van der Waals surface area contributed by atoms with Crippen molar-refractivity contribution in [1.29, 1.82) is 0 Å². The van der Waals surface area contributed by atoms with Crippen LogP contribution in [0, 0.1) is 0 Å². The van der Waals surface area contributed by atoms with Crippen LogP contribution in [0.25, 0.3) is 0 Å². The van der Waals surface area contributed by atoms with Crippen molar-refractivity contribution in [3.63, 3.8) is 0 Å². The molecule has 0 aliphatic carbocycles. The fraction of sp³-hybridized carbons (Fsp3) is 0.929. The standard InChI is InChI=1S/C14H30N4/c1-4-15-14(16-5-2)17-10-9-13(3)18-11-7-6-8-12-18/h13H,4-12H2,1-3H3,(H2,15,16,17). The molecule has 4 nitrogen and oxygen atoms in total. The van der Waals surface area contributed by atoms with Crippen molar-refractivity contribution in [3.8, 4) is 0 Å². The quantitative estimate of drug-likeness (QED) is 0.561. The van der Waals surface area contributed by atoms with Gasteiger partial charge in [0.1, 0.15) is 0 Å². The van der Waals surface area contributed by atoms with Crippen LogP contribution in [0.3, 0.4) is 0 Å². The Hall–Kier alpha value is -0.770. The lowest BCUT2D eigenvalue weighted by molar-refractivity contribution is 0.168. The number of likely N-dealkylation sites (tertiary alicyclic amines) is 1. The highest BCUT2D eigenvalue weighted by Gasteiger charge is 2.15. The molecule has 2 N–H and O–H groups in total. The Bertz CT molecular complexity index is 226. The zero-order valence-corrected chi connectivity index (χ0v) is 12.3. The molecule has 4 heteroatoms. The molecule has 1 heterocycles. The smallest absolute Gasteiger partial charge is 0.191 e. The van der Waals surface area contributed by atoms with Gasteiger partial charge < -0.3 is 15.5 Å². The number of rotatable bonds is 6. The molecule has 0 aromatic heterocycles. The van der Waals surface area contributed by atoms with E-state index in [1.54, 1.807) is 0 Å². The van der Waals surface area contributed by atoms with Gasteiger partial charge in [-0.2, -0.15) is 0 Å². The predicted molar refractivity (Wildman–Crippen MR) is 79.2 cm³/mol. The van der Waals surface area contributed by atoms with Crippen LogP contribution in [0.4, 0.5) is 0 Å². The summed E-state index contributed by atoms with van der Waals surface area (Å²) in [5.41, 5.74) is 0. The molecule has 0 amide bonds. The maximum absolute atomic E-state index is 4.61. The van der Waals surface area contributed by atoms with Gasteiger partial charge in [0, 0.05) is 25.7 Å². The van der Waals surface area contributed by atoms with Crippen molar-refractivity contribution in [2.24, 2.45) is 4.99 Å². The van der Waals surface area contributed by atoms with Gasteiger partial charge in [-0.15, -0.1) is 0 Å². The van der Waals surface area contributed by atoms with Crippen molar-refractivity contribution >= 4 is 5.96 Å². The Morgan fingerprint density at radius 3 is 2.28 bits per heavy atom. The molecule has 0 aromatic rings. The molecule has 1 fully saturated rings. The van der Waals surface area contributed by atoms with E-state index in [4.69, 9.17) is 0 Å². The van der Waals surface area contributed by atoms with Crippen molar-refractivity contribution in [3.05, 3.63) is 0 Å². The van der Waals surface area contributed by atoms with Crippen LogP contribution in [0.15, 0.2) is 4.99 Å². The summed E-state index contributed by atoms with van der Waals surface area (Å²) in [5, 5.41) is 6.52. The van der Waals surface area contributed by atoms with Gasteiger partial charge in [0.05, 0.1) is 0 Å². The number of hydrogen-bond donors (Lipinski definition) is 2. The van der Waals surface area contributed by atoms with E-state index < -0.39 is 0 Å². The Balaban J connectivity index is 2.26. The fourth-order valence-corrected chi connectivity index (χ4v) is 2.41. The molecule has 1 atom stereocenters. The Morgan fingerprint density at radius 1 is 1.11 bits per heavy atom. The van der Waals surface area contributed by atoms with Crippen molar-refractivity contribution in [1.82, 2.24) is 15.5 Å². The Labute approximate surface area is 112 Å². The minimum Gasteiger partial charge on any atom is -0.357 e. The second-order valence-electron chi connectivity index (χ2n) is 5.03. The number of piperidine rings is 1. The molecule has 1 aliphatic rings. The highest BCUT2D eigenvalue weighted by molar-refractivity contribution is 5.79. The summed E-state index contributed by atoms with van der Waals surface area (Å²) in [4.78, 5) is 7.22.